The maximum absolute atomic E-state index is 11.3. The molecule has 0 spiro atoms. The molecule has 0 aliphatic rings. The summed E-state index contributed by atoms with van der Waals surface area (Å²) in [6.45, 7) is 0. The minimum atomic E-state index is -3.03. The molecule has 0 atom stereocenters. The van der Waals surface area contributed by atoms with Crippen LogP contribution in [0.15, 0.2) is 30.5 Å². The first-order valence-corrected chi connectivity index (χ1v) is 7.43. The molecule has 2 rings (SSSR count). The Morgan fingerprint density at radius 1 is 1.31 bits per heavy atom. The highest BCUT2D eigenvalue weighted by molar-refractivity contribution is 7.89. The van der Waals surface area contributed by atoms with Gasteiger partial charge < -0.3 is 0 Å². The molecule has 6 heteroatoms. The molecule has 0 N–H and O–H groups in total. The van der Waals surface area contributed by atoms with E-state index in [1.54, 1.807) is 6.20 Å². The summed E-state index contributed by atoms with van der Waals surface area (Å²) in [5, 5.41) is 3.76. The van der Waals surface area contributed by atoms with Crippen LogP contribution in [0.25, 0.3) is 10.4 Å². The van der Waals surface area contributed by atoms with Crippen molar-refractivity contribution in [1.82, 2.24) is 9.59 Å². The fraction of sp³-hybridized carbons (Fsp3) is 0.200. The first-order valence-electron chi connectivity index (χ1n) is 4.59. The Kier molecular flexibility index (Phi) is 3.02. The fourth-order valence-corrected chi connectivity index (χ4v) is 2.85. The van der Waals surface area contributed by atoms with Crippen LogP contribution < -0.4 is 0 Å². The molecule has 0 aliphatic heterocycles. The molecule has 1 heterocycles. The van der Waals surface area contributed by atoms with Gasteiger partial charge in [0.15, 0.2) is 9.84 Å². The molecule has 2 aromatic rings. The topological polar surface area (TPSA) is 59.9 Å². The van der Waals surface area contributed by atoms with Gasteiger partial charge in [-0.1, -0.05) is 28.8 Å². The van der Waals surface area contributed by atoms with Crippen molar-refractivity contribution in [3.8, 4) is 10.4 Å². The Labute approximate surface area is 98.0 Å². The summed E-state index contributed by atoms with van der Waals surface area (Å²) in [7, 11) is -3.03. The molecule has 4 nitrogen and oxygen atoms in total. The summed E-state index contributed by atoms with van der Waals surface area (Å²) in [6.07, 6.45) is 2.88. The lowest BCUT2D eigenvalue weighted by molar-refractivity contribution is 0.601. The van der Waals surface area contributed by atoms with Crippen LogP contribution in [-0.2, 0) is 15.6 Å². The van der Waals surface area contributed by atoms with E-state index in [4.69, 9.17) is 0 Å². The van der Waals surface area contributed by atoms with E-state index in [0.29, 0.717) is 0 Å². The molecule has 1 aromatic heterocycles. The van der Waals surface area contributed by atoms with Crippen LogP contribution >= 0.6 is 11.5 Å². The number of hydrogen-bond donors (Lipinski definition) is 0. The number of nitrogens with zero attached hydrogens (tertiary/aromatic N) is 2. The zero-order chi connectivity index (χ0) is 11.6. The van der Waals surface area contributed by atoms with Crippen LogP contribution in [0.2, 0.25) is 0 Å². The lowest BCUT2D eigenvalue weighted by Crippen LogP contribution is -2.01. The second kappa shape index (κ2) is 4.31. The second-order valence-corrected chi connectivity index (χ2v) is 6.43. The molecule has 0 saturated heterocycles. The smallest absolute Gasteiger partial charge is 0.151 e. The molecule has 16 heavy (non-hydrogen) atoms. The predicted octanol–water partition coefficient (Wildman–Crippen LogP) is 1.75. The second-order valence-electron chi connectivity index (χ2n) is 3.51. The van der Waals surface area contributed by atoms with Gasteiger partial charge >= 0.3 is 0 Å². The average Bonchev–Trinajstić information content (AvgIpc) is 2.69. The molecule has 0 radical (unpaired) electrons. The number of hydrogen-bond acceptors (Lipinski definition) is 5. The zero-order valence-electron chi connectivity index (χ0n) is 8.62. The van der Waals surface area contributed by atoms with E-state index in [-0.39, 0.29) is 5.75 Å². The van der Waals surface area contributed by atoms with E-state index in [0.717, 1.165) is 16.0 Å². The van der Waals surface area contributed by atoms with Crippen LogP contribution in [0.1, 0.15) is 5.56 Å². The number of rotatable bonds is 3. The summed E-state index contributed by atoms with van der Waals surface area (Å²) in [4.78, 5) is 0.888. The van der Waals surface area contributed by atoms with Gasteiger partial charge in [-0.2, -0.15) is 0 Å². The molecule has 0 aliphatic carbocycles. The van der Waals surface area contributed by atoms with Crippen LogP contribution in [-0.4, -0.2) is 24.3 Å². The Morgan fingerprint density at radius 3 is 2.69 bits per heavy atom. The van der Waals surface area contributed by atoms with Gasteiger partial charge in [0.05, 0.1) is 16.8 Å². The van der Waals surface area contributed by atoms with Crippen molar-refractivity contribution in [2.45, 2.75) is 5.75 Å². The van der Waals surface area contributed by atoms with Crippen LogP contribution in [0.4, 0.5) is 0 Å². The third-order valence-corrected chi connectivity index (χ3v) is 3.60. The van der Waals surface area contributed by atoms with E-state index in [1.807, 2.05) is 24.3 Å². The van der Waals surface area contributed by atoms with E-state index in [2.05, 4.69) is 9.59 Å². The van der Waals surface area contributed by atoms with E-state index >= 15 is 0 Å². The largest absolute Gasteiger partial charge is 0.229 e. The minimum absolute atomic E-state index is 0.0427. The quantitative estimate of drug-likeness (QED) is 0.837. The molecule has 1 aromatic carbocycles. The maximum Gasteiger partial charge on any atom is 0.151 e. The summed E-state index contributed by atoms with van der Waals surface area (Å²) >= 11 is 1.26. The van der Waals surface area contributed by atoms with Gasteiger partial charge in [-0.15, -0.1) is 5.10 Å². The summed E-state index contributed by atoms with van der Waals surface area (Å²) in [5.74, 6) is 0.0427. The Hall–Kier alpha value is -1.27. The van der Waals surface area contributed by atoms with Gasteiger partial charge in [0.1, 0.15) is 0 Å². The van der Waals surface area contributed by atoms with Gasteiger partial charge in [0.2, 0.25) is 0 Å². The molecule has 0 unspecified atom stereocenters. The number of sulfone groups is 1. The maximum atomic E-state index is 11.3. The van der Waals surface area contributed by atoms with Crippen LogP contribution in [0.3, 0.4) is 0 Å². The summed E-state index contributed by atoms with van der Waals surface area (Å²) in [5.41, 5.74) is 1.68. The van der Waals surface area contributed by atoms with E-state index in [9.17, 15) is 8.42 Å². The monoisotopic (exact) mass is 254 g/mol. The van der Waals surface area contributed by atoms with E-state index < -0.39 is 9.84 Å². The number of aromatic nitrogens is 2. The van der Waals surface area contributed by atoms with Crippen molar-refractivity contribution >= 4 is 21.4 Å². The van der Waals surface area contributed by atoms with Crippen LogP contribution in [0.5, 0.6) is 0 Å². The molecular formula is C10H10N2O2S2. The molecule has 0 saturated carbocycles. The third kappa shape index (κ3) is 2.65. The van der Waals surface area contributed by atoms with Gasteiger partial charge in [-0.25, -0.2) is 8.42 Å². The van der Waals surface area contributed by atoms with Gasteiger partial charge in [0, 0.05) is 6.26 Å². The Balaban J connectivity index is 2.47. The molecule has 0 bridgehead atoms. The van der Waals surface area contributed by atoms with Crippen molar-refractivity contribution in [2.24, 2.45) is 0 Å². The molecular weight excluding hydrogens is 244 g/mol. The van der Waals surface area contributed by atoms with Crippen molar-refractivity contribution in [3.05, 3.63) is 36.0 Å². The van der Waals surface area contributed by atoms with Crippen molar-refractivity contribution in [2.75, 3.05) is 6.26 Å². The van der Waals surface area contributed by atoms with E-state index in [1.165, 1.54) is 17.8 Å². The normalized spacial score (nSPS) is 11.6. The van der Waals surface area contributed by atoms with Gasteiger partial charge in [-0.3, -0.25) is 0 Å². The standard InChI is InChI=1S/C10H10N2O2S2/c1-16(13,14)7-8-4-2-3-5-9(8)10-6-11-12-15-10/h2-6H,7H2,1H3. The average molecular weight is 254 g/mol. The fourth-order valence-electron chi connectivity index (χ4n) is 1.45. The van der Waals surface area contributed by atoms with Gasteiger partial charge in [0.25, 0.3) is 0 Å². The highest BCUT2D eigenvalue weighted by Crippen LogP contribution is 2.26. The van der Waals surface area contributed by atoms with Crippen LogP contribution in [0, 0.1) is 0 Å². The zero-order valence-corrected chi connectivity index (χ0v) is 10.3. The Bertz CT molecular complexity index is 577. The van der Waals surface area contributed by atoms with Gasteiger partial charge in [-0.05, 0) is 22.7 Å². The summed E-state index contributed by atoms with van der Waals surface area (Å²) in [6, 6.07) is 7.41. The molecule has 0 amide bonds. The first kappa shape index (κ1) is 11.2. The molecule has 0 fully saturated rings. The summed E-state index contributed by atoms with van der Waals surface area (Å²) < 4.78 is 26.4. The lowest BCUT2D eigenvalue weighted by atomic mass is 10.1. The third-order valence-electron chi connectivity index (χ3n) is 2.06. The highest BCUT2D eigenvalue weighted by Gasteiger charge is 2.11. The first-order chi connectivity index (χ1) is 7.56. The Morgan fingerprint density at radius 2 is 2.06 bits per heavy atom. The van der Waals surface area contributed by atoms with Crippen molar-refractivity contribution in [1.29, 1.82) is 0 Å². The predicted molar refractivity (Wildman–Crippen MR) is 63.9 cm³/mol. The lowest BCUT2D eigenvalue weighted by Gasteiger charge is -2.05. The molecule has 84 valence electrons. The number of benzene rings is 1. The van der Waals surface area contributed by atoms with Crippen molar-refractivity contribution < 1.29 is 8.42 Å². The SMILES string of the molecule is CS(=O)(=O)Cc1ccccc1-c1cnns1. The highest BCUT2D eigenvalue weighted by atomic mass is 32.2. The van der Waals surface area contributed by atoms with Crippen molar-refractivity contribution in [3.63, 3.8) is 0 Å². The minimum Gasteiger partial charge on any atom is -0.229 e.